The second-order valence-corrected chi connectivity index (χ2v) is 7.78. The Morgan fingerprint density at radius 3 is 2.76 bits per heavy atom. The lowest BCUT2D eigenvalue weighted by atomic mass is 10.1. The number of carbonyl (C=O) groups excluding carboxylic acids is 1. The number of nitrogens with zero attached hydrogens (tertiary/aromatic N) is 4. The molecule has 4 rings (SSSR count). The molecule has 6 heteroatoms. The van der Waals surface area contributed by atoms with Crippen molar-refractivity contribution in [1.82, 2.24) is 19.4 Å². The van der Waals surface area contributed by atoms with Crippen molar-refractivity contribution in [3.05, 3.63) is 77.8 Å². The van der Waals surface area contributed by atoms with Gasteiger partial charge in [-0.25, -0.2) is 14.4 Å². The fourth-order valence-corrected chi connectivity index (χ4v) is 3.95. The summed E-state index contributed by atoms with van der Waals surface area (Å²) in [7, 11) is 0. The van der Waals surface area contributed by atoms with Gasteiger partial charge in [0.1, 0.15) is 17.5 Å². The normalized spacial score (nSPS) is 16.6. The Morgan fingerprint density at radius 1 is 1.21 bits per heavy atom. The van der Waals surface area contributed by atoms with Crippen LogP contribution in [0, 0.1) is 5.82 Å². The van der Waals surface area contributed by atoms with Crippen LogP contribution >= 0.6 is 0 Å². The zero-order chi connectivity index (χ0) is 20.4. The van der Waals surface area contributed by atoms with E-state index in [1.807, 2.05) is 33.9 Å². The minimum atomic E-state index is -0.290. The maximum absolute atomic E-state index is 13.1. The Labute approximate surface area is 170 Å². The van der Waals surface area contributed by atoms with Crippen LogP contribution in [0.4, 0.5) is 4.39 Å². The highest BCUT2D eigenvalue weighted by atomic mass is 19.1. The van der Waals surface area contributed by atoms with E-state index in [1.54, 1.807) is 18.3 Å². The molecule has 0 bridgehead atoms. The van der Waals surface area contributed by atoms with Crippen molar-refractivity contribution in [3.63, 3.8) is 0 Å². The summed E-state index contributed by atoms with van der Waals surface area (Å²) in [4.78, 5) is 24.2. The third-order valence-electron chi connectivity index (χ3n) is 5.37. The molecule has 29 heavy (non-hydrogen) atoms. The number of benzene rings is 1. The predicted octanol–water partition coefficient (Wildman–Crippen LogP) is 4.44. The molecule has 0 spiro atoms. The summed E-state index contributed by atoms with van der Waals surface area (Å²) in [5, 5.41) is 0. The lowest BCUT2D eigenvalue weighted by molar-refractivity contribution is -0.131. The largest absolute Gasteiger partial charge is 0.334 e. The van der Waals surface area contributed by atoms with E-state index in [2.05, 4.69) is 18.8 Å². The van der Waals surface area contributed by atoms with Gasteiger partial charge in [-0.1, -0.05) is 32.0 Å². The van der Waals surface area contributed by atoms with Crippen molar-refractivity contribution in [2.75, 3.05) is 6.54 Å². The van der Waals surface area contributed by atoms with Crippen LogP contribution in [0.25, 0.3) is 5.82 Å². The minimum absolute atomic E-state index is 0.0334. The van der Waals surface area contributed by atoms with Crippen LogP contribution in [0.15, 0.2) is 54.9 Å². The first-order valence-electron chi connectivity index (χ1n) is 10.1. The molecule has 0 saturated carbocycles. The van der Waals surface area contributed by atoms with Crippen LogP contribution in [0.3, 0.4) is 0 Å². The van der Waals surface area contributed by atoms with Crippen LogP contribution in [-0.4, -0.2) is 31.9 Å². The van der Waals surface area contributed by atoms with E-state index in [9.17, 15) is 9.18 Å². The van der Waals surface area contributed by atoms with E-state index in [-0.39, 0.29) is 30.1 Å². The van der Waals surface area contributed by atoms with E-state index < -0.39 is 0 Å². The van der Waals surface area contributed by atoms with Gasteiger partial charge in [0.15, 0.2) is 0 Å². The van der Waals surface area contributed by atoms with Gasteiger partial charge in [0.05, 0.1) is 18.2 Å². The van der Waals surface area contributed by atoms with Gasteiger partial charge in [-0.2, -0.15) is 0 Å². The maximum atomic E-state index is 13.1. The van der Waals surface area contributed by atoms with E-state index >= 15 is 0 Å². The number of hydrogen-bond donors (Lipinski definition) is 0. The van der Waals surface area contributed by atoms with E-state index in [4.69, 9.17) is 4.98 Å². The zero-order valence-electron chi connectivity index (χ0n) is 16.8. The molecule has 0 unspecified atom stereocenters. The quantitative estimate of drug-likeness (QED) is 0.645. The van der Waals surface area contributed by atoms with Gasteiger partial charge < -0.3 is 4.90 Å². The Kier molecular flexibility index (Phi) is 5.43. The third-order valence-corrected chi connectivity index (χ3v) is 5.37. The Morgan fingerprint density at radius 2 is 2.00 bits per heavy atom. The van der Waals surface area contributed by atoms with E-state index in [0.717, 1.165) is 42.3 Å². The molecule has 1 fully saturated rings. The van der Waals surface area contributed by atoms with Gasteiger partial charge >= 0.3 is 0 Å². The average Bonchev–Trinajstić information content (AvgIpc) is 3.39. The second-order valence-electron chi connectivity index (χ2n) is 7.78. The molecule has 1 atom stereocenters. The van der Waals surface area contributed by atoms with E-state index in [1.165, 1.54) is 12.1 Å². The molecule has 0 aliphatic carbocycles. The molecule has 1 amide bonds. The van der Waals surface area contributed by atoms with Crippen LogP contribution in [-0.2, 0) is 11.2 Å². The van der Waals surface area contributed by atoms with Crippen LogP contribution < -0.4 is 0 Å². The second kappa shape index (κ2) is 8.15. The molecule has 1 aromatic carbocycles. The van der Waals surface area contributed by atoms with Gasteiger partial charge in [-0.3, -0.25) is 9.36 Å². The summed E-state index contributed by atoms with van der Waals surface area (Å²) in [6.07, 6.45) is 5.83. The Hall–Kier alpha value is -3.02. The molecular formula is C23H25FN4O. The number of aromatic nitrogens is 3. The minimum Gasteiger partial charge on any atom is -0.334 e. The molecule has 150 valence electrons. The lowest BCUT2D eigenvalue weighted by Gasteiger charge is -2.25. The van der Waals surface area contributed by atoms with Crippen LogP contribution in [0.1, 0.15) is 55.7 Å². The summed E-state index contributed by atoms with van der Waals surface area (Å²) in [6.45, 7) is 4.93. The summed E-state index contributed by atoms with van der Waals surface area (Å²) in [5.41, 5.74) is 1.72. The summed E-state index contributed by atoms with van der Waals surface area (Å²) in [6, 6.07) is 12.0. The predicted molar refractivity (Wildman–Crippen MR) is 109 cm³/mol. The number of rotatable bonds is 5. The first-order chi connectivity index (χ1) is 14.0. The number of halogens is 1. The summed E-state index contributed by atoms with van der Waals surface area (Å²) in [5.74, 6) is 1.83. The molecule has 5 nitrogen and oxygen atoms in total. The molecule has 0 radical (unpaired) electrons. The highest BCUT2D eigenvalue weighted by Gasteiger charge is 2.31. The van der Waals surface area contributed by atoms with Crippen molar-refractivity contribution < 1.29 is 9.18 Å². The molecule has 0 N–H and O–H groups in total. The van der Waals surface area contributed by atoms with Crippen molar-refractivity contribution in [2.45, 2.75) is 45.1 Å². The van der Waals surface area contributed by atoms with Crippen LogP contribution in [0.2, 0.25) is 0 Å². The summed E-state index contributed by atoms with van der Waals surface area (Å²) >= 11 is 0. The van der Waals surface area contributed by atoms with Gasteiger partial charge in [0.25, 0.3) is 0 Å². The van der Waals surface area contributed by atoms with Crippen molar-refractivity contribution in [2.24, 2.45) is 0 Å². The van der Waals surface area contributed by atoms with Gasteiger partial charge in [0.2, 0.25) is 5.91 Å². The van der Waals surface area contributed by atoms with Crippen molar-refractivity contribution >= 4 is 5.91 Å². The van der Waals surface area contributed by atoms with Crippen molar-refractivity contribution in [1.29, 1.82) is 0 Å². The monoisotopic (exact) mass is 392 g/mol. The molecule has 1 saturated heterocycles. The number of carbonyl (C=O) groups is 1. The highest BCUT2D eigenvalue weighted by Crippen LogP contribution is 2.32. The van der Waals surface area contributed by atoms with Crippen LogP contribution in [0.5, 0.6) is 0 Å². The van der Waals surface area contributed by atoms with Gasteiger partial charge in [0, 0.05) is 24.9 Å². The standard InChI is InChI=1S/C23H25FN4O/c1-16(2)23-25-12-14-28(23)21-7-3-5-19(26-21)20-6-4-13-27(20)22(29)15-17-8-10-18(24)11-9-17/h3,5,7-12,14,16,20H,4,6,13,15H2,1-2H3/t20-/m1/s1. The zero-order valence-corrected chi connectivity index (χ0v) is 16.8. The highest BCUT2D eigenvalue weighted by molar-refractivity contribution is 5.79. The smallest absolute Gasteiger partial charge is 0.227 e. The lowest BCUT2D eigenvalue weighted by Crippen LogP contribution is -2.32. The molecular weight excluding hydrogens is 367 g/mol. The number of amides is 1. The van der Waals surface area contributed by atoms with Crippen molar-refractivity contribution in [3.8, 4) is 5.82 Å². The molecule has 1 aliphatic heterocycles. The fourth-order valence-electron chi connectivity index (χ4n) is 3.95. The molecule has 1 aliphatic rings. The first kappa shape index (κ1) is 19.3. The number of pyridine rings is 1. The maximum Gasteiger partial charge on any atom is 0.227 e. The van der Waals surface area contributed by atoms with Gasteiger partial charge in [-0.15, -0.1) is 0 Å². The third kappa shape index (κ3) is 4.06. The topological polar surface area (TPSA) is 51.0 Å². The number of likely N-dealkylation sites (tertiary alicyclic amines) is 1. The van der Waals surface area contributed by atoms with E-state index in [0.29, 0.717) is 0 Å². The Bertz CT molecular complexity index is 996. The number of imidazole rings is 1. The molecule has 2 aromatic heterocycles. The fraction of sp³-hybridized carbons (Fsp3) is 0.348. The Balaban J connectivity index is 1.56. The number of hydrogen-bond acceptors (Lipinski definition) is 3. The summed E-state index contributed by atoms with van der Waals surface area (Å²) < 4.78 is 15.1. The average molecular weight is 392 g/mol. The molecule has 3 aromatic rings. The first-order valence-corrected chi connectivity index (χ1v) is 10.1. The SMILES string of the molecule is CC(C)c1nccn1-c1cccc([C@H]2CCCN2C(=O)Cc2ccc(F)cc2)n1. The van der Waals surface area contributed by atoms with Gasteiger partial charge in [-0.05, 0) is 42.7 Å². The molecule has 3 heterocycles.